The van der Waals surface area contributed by atoms with Crippen LogP contribution in [0, 0.1) is 5.92 Å². The molecule has 0 saturated heterocycles. The molecule has 1 aliphatic rings. The molecule has 0 unspecified atom stereocenters. The van der Waals surface area contributed by atoms with Crippen LogP contribution in [0.25, 0.3) is 0 Å². The monoisotopic (exact) mass is 249 g/mol. The molecule has 0 aliphatic heterocycles. The minimum absolute atomic E-state index is 0.706. The molecule has 100 valence electrons. The molecule has 4 nitrogen and oxygen atoms in total. The number of ether oxygens (including phenoxy) is 1. The van der Waals surface area contributed by atoms with Crippen LogP contribution in [0.2, 0.25) is 0 Å². The maximum absolute atomic E-state index is 5.75. The maximum Gasteiger partial charge on any atom is 0.218 e. The molecule has 1 heterocycles. The summed E-state index contributed by atoms with van der Waals surface area (Å²) >= 11 is 0. The fourth-order valence-electron chi connectivity index (χ4n) is 2.12. The molecule has 1 aliphatic carbocycles. The van der Waals surface area contributed by atoms with Gasteiger partial charge in [-0.3, -0.25) is 0 Å². The van der Waals surface area contributed by atoms with Crippen LogP contribution >= 0.6 is 0 Å². The topological polar surface area (TPSA) is 47.0 Å². The Balaban J connectivity index is 1.90. The van der Waals surface area contributed by atoms with Gasteiger partial charge in [-0.1, -0.05) is 26.2 Å². The number of anilines is 1. The van der Waals surface area contributed by atoms with Crippen molar-refractivity contribution in [2.24, 2.45) is 5.92 Å². The molecule has 1 fully saturated rings. The second-order valence-corrected chi connectivity index (χ2v) is 4.94. The Morgan fingerprint density at radius 3 is 2.83 bits per heavy atom. The van der Waals surface area contributed by atoms with Crippen molar-refractivity contribution in [2.75, 3.05) is 19.0 Å². The summed E-state index contributed by atoms with van der Waals surface area (Å²) in [5.41, 5.74) is 0. The van der Waals surface area contributed by atoms with Crippen molar-refractivity contribution in [3.8, 4) is 5.88 Å². The van der Waals surface area contributed by atoms with Crippen LogP contribution in [-0.2, 0) is 6.42 Å². The molecule has 1 N–H and O–H groups in total. The molecule has 0 aromatic carbocycles. The number of hydrogen-bond donors (Lipinski definition) is 1. The first-order valence-corrected chi connectivity index (χ1v) is 7.00. The van der Waals surface area contributed by atoms with E-state index in [-0.39, 0.29) is 0 Å². The Labute approximate surface area is 109 Å². The van der Waals surface area contributed by atoms with Crippen LogP contribution in [-0.4, -0.2) is 23.6 Å². The number of aromatic nitrogens is 2. The number of hydrogen-bond acceptors (Lipinski definition) is 4. The summed E-state index contributed by atoms with van der Waals surface area (Å²) in [7, 11) is 1.87. The van der Waals surface area contributed by atoms with Crippen LogP contribution in [0.5, 0.6) is 5.88 Å². The standard InChI is InChI=1S/C14H23N3O/c1-3-5-12-16-13(15-2)10-14(17-12)18-9-8-11-6-4-7-11/h10-11H,3-9H2,1-2H3,(H,15,16,17). The second kappa shape index (κ2) is 6.57. The molecule has 4 heteroatoms. The van der Waals surface area contributed by atoms with E-state index >= 15 is 0 Å². The number of nitrogens with one attached hydrogen (secondary N) is 1. The van der Waals surface area contributed by atoms with E-state index in [2.05, 4.69) is 22.2 Å². The number of aryl methyl sites for hydroxylation is 1. The van der Waals surface area contributed by atoms with Crippen LogP contribution in [0.1, 0.15) is 44.9 Å². The summed E-state index contributed by atoms with van der Waals surface area (Å²) in [5.74, 6) is 3.29. The van der Waals surface area contributed by atoms with Gasteiger partial charge in [0.15, 0.2) is 0 Å². The fourth-order valence-corrected chi connectivity index (χ4v) is 2.12. The van der Waals surface area contributed by atoms with Gasteiger partial charge in [0, 0.05) is 19.5 Å². The van der Waals surface area contributed by atoms with Crippen LogP contribution in [0.4, 0.5) is 5.82 Å². The molecule has 0 amide bonds. The first kappa shape index (κ1) is 13.1. The highest BCUT2D eigenvalue weighted by Crippen LogP contribution is 2.29. The van der Waals surface area contributed by atoms with E-state index in [1.165, 1.54) is 19.3 Å². The second-order valence-electron chi connectivity index (χ2n) is 4.94. The zero-order valence-corrected chi connectivity index (χ0v) is 11.4. The average Bonchev–Trinajstić information content (AvgIpc) is 2.32. The SMILES string of the molecule is CCCc1nc(NC)cc(OCCC2CCC2)n1. The minimum Gasteiger partial charge on any atom is -0.478 e. The van der Waals surface area contributed by atoms with Gasteiger partial charge in [0.05, 0.1) is 6.61 Å². The zero-order chi connectivity index (χ0) is 12.8. The molecule has 1 aromatic rings. The maximum atomic E-state index is 5.75. The number of nitrogens with zero attached hydrogens (tertiary/aromatic N) is 2. The summed E-state index contributed by atoms with van der Waals surface area (Å²) in [6, 6.07) is 1.87. The highest BCUT2D eigenvalue weighted by atomic mass is 16.5. The van der Waals surface area contributed by atoms with Gasteiger partial charge in [0.1, 0.15) is 11.6 Å². The number of rotatable bonds is 7. The van der Waals surface area contributed by atoms with Gasteiger partial charge in [-0.2, -0.15) is 4.98 Å². The highest BCUT2D eigenvalue weighted by molar-refractivity contribution is 5.37. The molecule has 18 heavy (non-hydrogen) atoms. The smallest absolute Gasteiger partial charge is 0.218 e. The molecule has 0 bridgehead atoms. The van der Waals surface area contributed by atoms with E-state index in [1.54, 1.807) is 0 Å². The summed E-state index contributed by atoms with van der Waals surface area (Å²) in [5, 5.41) is 3.06. The van der Waals surface area contributed by atoms with Crippen molar-refractivity contribution in [1.29, 1.82) is 0 Å². The van der Waals surface area contributed by atoms with Gasteiger partial charge in [0.25, 0.3) is 0 Å². The van der Waals surface area contributed by atoms with Crippen LogP contribution in [0.3, 0.4) is 0 Å². The van der Waals surface area contributed by atoms with Crippen molar-refractivity contribution in [3.63, 3.8) is 0 Å². The molecule has 0 spiro atoms. The molecule has 1 aromatic heterocycles. The molecule has 0 atom stereocenters. The van der Waals surface area contributed by atoms with E-state index < -0.39 is 0 Å². The predicted octanol–water partition coefficient (Wildman–Crippen LogP) is 3.04. The van der Waals surface area contributed by atoms with E-state index in [4.69, 9.17) is 4.74 Å². The van der Waals surface area contributed by atoms with Crippen LogP contribution in [0.15, 0.2) is 6.07 Å². The Bertz CT molecular complexity index is 377. The third kappa shape index (κ3) is 3.59. The Hall–Kier alpha value is -1.32. The molecule has 2 rings (SSSR count). The largest absolute Gasteiger partial charge is 0.478 e. The van der Waals surface area contributed by atoms with Gasteiger partial charge in [-0.25, -0.2) is 4.98 Å². The van der Waals surface area contributed by atoms with Crippen molar-refractivity contribution in [1.82, 2.24) is 9.97 Å². The van der Waals surface area contributed by atoms with Gasteiger partial charge < -0.3 is 10.1 Å². The van der Waals surface area contributed by atoms with Crippen molar-refractivity contribution < 1.29 is 4.74 Å². The third-order valence-electron chi connectivity index (χ3n) is 3.48. The predicted molar refractivity (Wildman–Crippen MR) is 73.0 cm³/mol. The summed E-state index contributed by atoms with van der Waals surface area (Å²) < 4.78 is 5.75. The lowest BCUT2D eigenvalue weighted by molar-refractivity contribution is 0.217. The quantitative estimate of drug-likeness (QED) is 0.807. The van der Waals surface area contributed by atoms with Crippen molar-refractivity contribution in [2.45, 2.75) is 45.4 Å². The van der Waals surface area contributed by atoms with Crippen molar-refractivity contribution in [3.05, 3.63) is 11.9 Å². The van der Waals surface area contributed by atoms with Gasteiger partial charge in [0.2, 0.25) is 5.88 Å². The van der Waals surface area contributed by atoms with Gasteiger partial charge >= 0.3 is 0 Å². The van der Waals surface area contributed by atoms with E-state index in [0.717, 1.165) is 43.4 Å². The lowest BCUT2D eigenvalue weighted by atomic mass is 9.83. The molecular formula is C14H23N3O. The van der Waals surface area contributed by atoms with Crippen molar-refractivity contribution >= 4 is 5.82 Å². The Morgan fingerprint density at radius 2 is 2.22 bits per heavy atom. The van der Waals surface area contributed by atoms with Gasteiger partial charge in [-0.15, -0.1) is 0 Å². The Kier molecular flexibility index (Phi) is 4.79. The molecule has 1 saturated carbocycles. The normalized spacial score (nSPS) is 15.2. The first-order valence-electron chi connectivity index (χ1n) is 7.00. The third-order valence-corrected chi connectivity index (χ3v) is 3.48. The summed E-state index contributed by atoms with van der Waals surface area (Å²) in [4.78, 5) is 8.85. The van der Waals surface area contributed by atoms with Gasteiger partial charge in [-0.05, 0) is 18.8 Å². The average molecular weight is 249 g/mol. The Morgan fingerprint density at radius 1 is 1.39 bits per heavy atom. The zero-order valence-electron chi connectivity index (χ0n) is 11.4. The lowest BCUT2D eigenvalue weighted by Crippen LogP contribution is -2.15. The lowest BCUT2D eigenvalue weighted by Gasteiger charge is -2.24. The first-order chi connectivity index (χ1) is 8.81. The summed E-state index contributed by atoms with van der Waals surface area (Å²) in [6.45, 7) is 2.91. The fraction of sp³-hybridized carbons (Fsp3) is 0.714. The van der Waals surface area contributed by atoms with E-state index in [9.17, 15) is 0 Å². The molecule has 0 radical (unpaired) electrons. The molecular weight excluding hydrogens is 226 g/mol. The highest BCUT2D eigenvalue weighted by Gasteiger charge is 2.17. The van der Waals surface area contributed by atoms with E-state index in [0.29, 0.717) is 5.88 Å². The summed E-state index contributed by atoms with van der Waals surface area (Å²) in [6.07, 6.45) is 7.24. The van der Waals surface area contributed by atoms with E-state index in [1.807, 2.05) is 13.1 Å². The van der Waals surface area contributed by atoms with Crippen LogP contribution < -0.4 is 10.1 Å². The minimum atomic E-state index is 0.706.